The van der Waals surface area contributed by atoms with E-state index < -0.39 is 0 Å². The van der Waals surface area contributed by atoms with Gasteiger partial charge in [0, 0.05) is 24.9 Å². The molecule has 0 bridgehead atoms. The quantitative estimate of drug-likeness (QED) is 0.700. The highest BCUT2D eigenvalue weighted by atomic mass is 16.5. The summed E-state index contributed by atoms with van der Waals surface area (Å²) in [5, 5.41) is 0. The van der Waals surface area contributed by atoms with Gasteiger partial charge in [-0.25, -0.2) is 0 Å². The second-order valence-electron chi connectivity index (χ2n) is 4.55. The van der Waals surface area contributed by atoms with E-state index >= 15 is 0 Å². The number of ether oxygens (including phenoxy) is 1. The van der Waals surface area contributed by atoms with E-state index in [0.29, 0.717) is 18.4 Å². The predicted octanol–water partition coefficient (Wildman–Crippen LogP) is 1.69. The molecule has 1 saturated carbocycles. The van der Waals surface area contributed by atoms with Gasteiger partial charge in [-0.2, -0.15) is 0 Å². The number of esters is 1. The minimum atomic E-state index is 0.0472. The van der Waals surface area contributed by atoms with Crippen LogP contribution in [0, 0.1) is 17.8 Å². The second-order valence-corrected chi connectivity index (χ2v) is 4.55. The zero-order valence-corrected chi connectivity index (χ0v) is 8.63. The number of carbonyl (C=O) groups excluding carboxylic acids is 1. The van der Waals surface area contributed by atoms with E-state index in [9.17, 15) is 4.79 Å². The third-order valence-electron chi connectivity index (χ3n) is 3.64. The van der Waals surface area contributed by atoms with Crippen LogP contribution >= 0.6 is 0 Å². The van der Waals surface area contributed by atoms with E-state index in [0.717, 1.165) is 6.54 Å². The third kappa shape index (κ3) is 1.56. The van der Waals surface area contributed by atoms with Crippen LogP contribution in [0.1, 0.15) is 12.8 Å². The standard InChI is InChI=1S/C12H15NO2/c14-12-11-9(10(11)8-15-12)4-3-7-13-5-1-2-6-13/h1-2,5-6,9-11H,3-4,7-8H2/t9-,10+,11-/m1/s1. The summed E-state index contributed by atoms with van der Waals surface area (Å²) in [6, 6.07) is 4.09. The van der Waals surface area contributed by atoms with Crippen molar-refractivity contribution in [3.8, 4) is 0 Å². The van der Waals surface area contributed by atoms with Crippen molar-refractivity contribution in [1.82, 2.24) is 4.57 Å². The molecule has 1 aliphatic heterocycles. The molecule has 0 radical (unpaired) electrons. The number of hydrogen-bond donors (Lipinski definition) is 0. The highest BCUT2D eigenvalue weighted by molar-refractivity contribution is 5.78. The summed E-state index contributed by atoms with van der Waals surface area (Å²) in [4.78, 5) is 11.2. The SMILES string of the molecule is O=C1OC[C@H]2[C@@H](CCCn3cccc3)[C@@H]12. The number of carbonyl (C=O) groups is 1. The molecule has 0 N–H and O–H groups in total. The molecule has 2 fully saturated rings. The summed E-state index contributed by atoms with van der Waals surface area (Å²) in [7, 11) is 0. The maximum Gasteiger partial charge on any atom is 0.309 e. The number of aromatic nitrogens is 1. The zero-order chi connectivity index (χ0) is 10.3. The van der Waals surface area contributed by atoms with E-state index in [2.05, 4.69) is 17.0 Å². The summed E-state index contributed by atoms with van der Waals surface area (Å²) < 4.78 is 7.14. The molecule has 0 amide bonds. The van der Waals surface area contributed by atoms with Crippen molar-refractivity contribution in [3.05, 3.63) is 24.5 Å². The molecular weight excluding hydrogens is 190 g/mol. The van der Waals surface area contributed by atoms with Gasteiger partial charge in [0.25, 0.3) is 0 Å². The van der Waals surface area contributed by atoms with Crippen molar-refractivity contribution >= 4 is 5.97 Å². The Bertz CT molecular complexity index is 358. The summed E-state index contributed by atoms with van der Waals surface area (Å²) in [6.07, 6.45) is 6.51. The van der Waals surface area contributed by atoms with Gasteiger partial charge < -0.3 is 9.30 Å². The van der Waals surface area contributed by atoms with Crippen LogP contribution in [0.15, 0.2) is 24.5 Å². The van der Waals surface area contributed by atoms with Crippen LogP contribution in [0.4, 0.5) is 0 Å². The lowest BCUT2D eigenvalue weighted by Gasteiger charge is -2.04. The minimum absolute atomic E-state index is 0.0472. The molecule has 15 heavy (non-hydrogen) atoms. The van der Waals surface area contributed by atoms with Crippen LogP contribution in [0.5, 0.6) is 0 Å². The fraction of sp³-hybridized carbons (Fsp3) is 0.583. The highest BCUT2D eigenvalue weighted by Crippen LogP contribution is 2.53. The first-order chi connectivity index (χ1) is 7.36. The van der Waals surface area contributed by atoms with Crippen LogP contribution in [0.2, 0.25) is 0 Å². The van der Waals surface area contributed by atoms with Crippen LogP contribution in [0.25, 0.3) is 0 Å². The molecule has 80 valence electrons. The Morgan fingerprint density at radius 1 is 1.40 bits per heavy atom. The summed E-state index contributed by atoms with van der Waals surface area (Å²) in [5.41, 5.74) is 0. The maximum atomic E-state index is 11.2. The average molecular weight is 205 g/mol. The topological polar surface area (TPSA) is 31.2 Å². The Kier molecular flexibility index (Phi) is 2.04. The number of cyclic esters (lactones) is 1. The van der Waals surface area contributed by atoms with E-state index in [1.165, 1.54) is 12.8 Å². The van der Waals surface area contributed by atoms with Crippen LogP contribution in [-0.2, 0) is 16.1 Å². The molecule has 3 nitrogen and oxygen atoms in total. The van der Waals surface area contributed by atoms with E-state index in [4.69, 9.17) is 4.74 Å². The highest BCUT2D eigenvalue weighted by Gasteiger charge is 2.59. The normalized spacial score (nSPS) is 32.5. The summed E-state index contributed by atoms with van der Waals surface area (Å²) in [6.45, 7) is 1.75. The van der Waals surface area contributed by atoms with Gasteiger partial charge in [-0.15, -0.1) is 0 Å². The Hall–Kier alpha value is -1.25. The largest absolute Gasteiger partial charge is 0.465 e. The molecule has 3 heteroatoms. The van der Waals surface area contributed by atoms with E-state index in [1.54, 1.807) is 0 Å². The van der Waals surface area contributed by atoms with Gasteiger partial charge in [-0.1, -0.05) is 0 Å². The van der Waals surface area contributed by atoms with Gasteiger partial charge in [-0.05, 0) is 30.9 Å². The monoisotopic (exact) mass is 205 g/mol. The van der Waals surface area contributed by atoms with Crippen molar-refractivity contribution in [3.63, 3.8) is 0 Å². The zero-order valence-electron chi connectivity index (χ0n) is 8.63. The lowest BCUT2D eigenvalue weighted by molar-refractivity contribution is -0.141. The lowest BCUT2D eigenvalue weighted by Crippen LogP contribution is -2.05. The number of aryl methyl sites for hydroxylation is 1. The smallest absolute Gasteiger partial charge is 0.309 e. The van der Waals surface area contributed by atoms with Gasteiger partial charge in [0.05, 0.1) is 12.5 Å². The number of fused-ring (bicyclic) bond motifs is 1. The van der Waals surface area contributed by atoms with Crippen molar-refractivity contribution in [2.75, 3.05) is 6.61 Å². The second kappa shape index (κ2) is 3.40. The van der Waals surface area contributed by atoms with Crippen LogP contribution < -0.4 is 0 Å². The third-order valence-corrected chi connectivity index (χ3v) is 3.64. The number of rotatable bonds is 4. The molecular formula is C12H15NO2. The van der Waals surface area contributed by atoms with E-state index in [-0.39, 0.29) is 11.9 Å². The molecule has 0 aromatic carbocycles. The molecule has 3 atom stereocenters. The van der Waals surface area contributed by atoms with Crippen LogP contribution in [-0.4, -0.2) is 17.1 Å². The van der Waals surface area contributed by atoms with Gasteiger partial charge in [0.1, 0.15) is 0 Å². The van der Waals surface area contributed by atoms with Gasteiger partial charge in [-0.3, -0.25) is 4.79 Å². The molecule has 0 spiro atoms. The average Bonchev–Trinajstić information content (AvgIpc) is 2.63. The van der Waals surface area contributed by atoms with E-state index in [1.807, 2.05) is 12.1 Å². The van der Waals surface area contributed by atoms with Gasteiger partial charge >= 0.3 is 5.97 Å². The fourth-order valence-corrected chi connectivity index (χ4v) is 2.72. The first-order valence-electron chi connectivity index (χ1n) is 5.63. The predicted molar refractivity (Wildman–Crippen MR) is 55.1 cm³/mol. The molecule has 2 aliphatic rings. The maximum absolute atomic E-state index is 11.2. The molecule has 0 unspecified atom stereocenters. The fourth-order valence-electron chi connectivity index (χ4n) is 2.72. The molecule has 1 aromatic rings. The number of nitrogens with zero attached hydrogens (tertiary/aromatic N) is 1. The van der Waals surface area contributed by atoms with Crippen molar-refractivity contribution in [2.24, 2.45) is 17.8 Å². The molecule has 1 aliphatic carbocycles. The lowest BCUT2D eigenvalue weighted by atomic mass is 10.1. The van der Waals surface area contributed by atoms with Crippen LogP contribution in [0.3, 0.4) is 0 Å². The molecule has 1 aromatic heterocycles. The number of hydrogen-bond acceptors (Lipinski definition) is 2. The molecule has 1 saturated heterocycles. The molecule has 2 heterocycles. The van der Waals surface area contributed by atoms with Gasteiger partial charge in [0.15, 0.2) is 0 Å². The van der Waals surface area contributed by atoms with Crippen molar-refractivity contribution in [1.29, 1.82) is 0 Å². The first kappa shape index (κ1) is 9.01. The summed E-state index contributed by atoms with van der Waals surface area (Å²) >= 11 is 0. The first-order valence-corrected chi connectivity index (χ1v) is 5.63. The summed E-state index contributed by atoms with van der Waals surface area (Å²) in [5.74, 6) is 1.49. The van der Waals surface area contributed by atoms with Crippen molar-refractivity contribution < 1.29 is 9.53 Å². The molecule has 3 rings (SSSR count). The Labute approximate surface area is 89.0 Å². The minimum Gasteiger partial charge on any atom is -0.465 e. The Balaban J connectivity index is 1.43. The van der Waals surface area contributed by atoms with Gasteiger partial charge in [0.2, 0.25) is 0 Å². The Morgan fingerprint density at radius 2 is 2.20 bits per heavy atom. The van der Waals surface area contributed by atoms with Crippen molar-refractivity contribution in [2.45, 2.75) is 19.4 Å². The Morgan fingerprint density at radius 3 is 2.87 bits per heavy atom.